The van der Waals surface area contributed by atoms with E-state index in [4.69, 9.17) is 13.9 Å². The summed E-state index contributed by atoms with van der Waals surface area (Å²) in [6.07, 6.45) is 4.28. The molecule has 0 spiro atoms. The molecule has 2 heterocycles. The number of carbonyl (C=O) groups excluding carboxylic acids is 1. The number of ether oxygens (including phenoxy) is 2. The van der Waals surface area contributed by atoms with Gasteiger partial charge in [0.05, 0.1) is 19.3 Å². The van der Waals surface area contributed by atoms with Crippen LogP contribution in [0, 0.1) is 6.92 Å². The van der Waals surface area contributed by atoms with Gasteiger partial charge in [-0.25, -0.2) is 0 Å². The summed E-state index contributed by atoms with van der Waals surface area (Å²) in [5.74, 6) is 0.992. The van der Waals surface area contributed by atoms with Crippen molar-refractivity contribution in [3.8, 4) is 16.9 Å². The molecular weight excluding hydrogens is 498 g/mol. The minimum Gasteiger partial charge on any atom is -0.488 e. The standard InChI is InChI=1S/C31H35NO5S/c1-6-35-28(33)19-24-9-7-8-21(2)29(24)37-20-22-16-25-11-14-36-30(25)27(17-22)23-10-13-32-26(18-23)12-15-38(34)31(3,4)5/h7-11,13-14,16-18H,6,12,15,19-20H2,1-5H3/t38-/m0/s1. The quantitative estimate of drug-likeness (QED) is 0.214. The lowest BCUT2D eigenvalue weighted by atomic mass is 10.0. The van der Waals surface area contributed by atoms with E-state index in [0.717, 1.165) is 44.5 Å². The molecule has 1 atom stereocenters. The summed E-state index contributed by atoms with van der Waals surface area (Å²) in [4.78, 5) is 16.6. The SMILES string of the molecule is CCOC(=O)Cc1cccc(C)c1OCc1cc(-c2ccnc(CC[S@](=O)C(C)(C)C)c2)c2occc2c1. The molecule has 0 saturated heterocycles. The number of fused-ring (bicyclic) bond motifs is 1. The van der Waals surface area contributed by atoms with Gasteiger partial charge in [0.25, 0.3) is 0 Å². The Bertz CT molecular complexity index is 1450. The Hall–Kier alpha value is -3.45. The minimum absolute atomic E-state index is 0.163. The van der Waals surface area contributed by atoms with Crippen LogP contribution in [0.5, 0.6) is 5.75 Å². The number of furan rings is 1. The average molecular weight is 534 g/mol. The molecule has 2 aromatic carbocycles. The zero-order valence-electron chi connectivity index (χ0n) is 22.7. The van der Waals surface area contributed by atoms with Crippen molar-refractivity contribution in [1.29, 1.82) is 0 Å². The first kappa shape index (κ1) is 27.6. The molecular formula is C31H35NO5S. The van der Waals surface area contributed by atoms with Crippen molar-refractivity contribution >= 4 is 27.7 Å². The predicted molar refractivity (Wildman–Crippen MR) is 152 cm³/mol. The first-order valence-electron chi connectivity index (χ1n) is 12.9. The Balaban J connectivity index is 1.59. The number of esters is 1. The van der Waals surface area contributed by atoms with Gasteiger partial charge in [-0.05, 0) is 81.6 Å². The van der Waals surface area contributed by atoms with Crippen LogP contribution in [-0.2, 0) is 39.8 Å². The van der Waals surface area contributed by atoms with Crippen LogP contribution in [0.4, 0.5) is 0 Å². The molecule has 4 rings (SSSR count). The Morgan fingerprint density at radius 3 is 2.68 bits per heavy atom. The van der Waals surface area contributed by atoms with Crippen LogP contribution in [0.2, 0.25) is 0 Å². The zero-order valence-corrected chi connectivity index (χ0v) is 23.5. The topological polar surface area (TPSA) is 78.6 Å². The van der Waals surface area contributed by atoms with Crippen LogP contribution in [0.3, 0.4) is 0 Å². The van der Waals surface area contributed by atoms with Crippen molar-refractivity contribution < 1.29 is 22.9 Å². The Labute approximate surface area is 226 Å². The molecule has 38 heavy (non-hydrogen) atoms. The van der Waals surface area contributed by atoms with Gasteiger partial charge in [0.2, 0.25) is 0 Å². The van der Waals surface area contributed by atoms with Crippen LogP contribution < -0.4 is 4.74 Å². The van der Waals surface area contributed by atoms with E-state index in [-0.39, 0.29) is 17.1 Å². The number of aromatic nitrogens is 1. The highest BCUT2D eigenvalue weighted by Gasteiger charge is 2.19. The van der Waals surface area contributed by atoms with Crippen molar-refractivity contribution in [2.75, 3.05) is 12.4 Å². The molecule has 0 radical (unpaired) electrons. The highest BCUT2D eigenvalue weighted by atomic mass is 32.2. The largest absolute Gasteiger partial charge is 0.488 e. The van der Waals surface area contributed by atoms with Crippen LogP contribution in [0.25, 0.3) is 22.1 Å². The van der Waals surface area contributed by atoms with Gasteiger partial charge in [-0.1, -0.05) is 18.2 Å². The summed E-state index contributed by atoms with van der Waals surface area (Å²) >= 11 is 0. The van der Waals surface area contributed by atoms with E-state index in [1.54, 1.807) is 19.4 Å². The third-order valence-electron chi connectivity index (χ3n) is 6.28. The second kappa shape index (κ2) is 11.9. The number of hydrogen-bond acceptors (Lipinski definition) is 6. The first-order chi connectivity index (χ1) is 18.2. The second-order valence-corrected chi connectivity index (χ2v) is 12.6. The maximum Gasteiger partial charge on any atom is 0.310 e. The van der Waals surface area contributed by atoms with Crippen molar-refractivity contribution in [3.63, 3.8) is 0 Å². The second-order valence-electron chi connectivity index (χ2n) is 10.3. The monoisotopic (exact) mass is 533 g/mol. The Kier molecular flexibility index (Phi) is 8.67. The van der Waals surface area contributed by atoms with Crippen LogP contribution in [0.15, 0.2) is 65.4 Å². The highest BCUT2D eigenvalue weighted by Crippen LogP contribution is 2.33. The lowest BCUT2D eigenvalue weighted by Gasteiger charge is -2.17. The summed E-state index contributed by atoms with van der Waals surface area (Å²) in [5.41, 5.74) is 6.36. The fourth-order valence-electron chi connectivity index (χ4n) is 4.31. The summed E-state index contributed by atoms with van der Waals surface area (Å²) in [6.45, 7) is 10.4. The lowest BCUT2D eigenvalue weighted by molar-refractivity contribution is -0.142. The maximum absolute atomic E-state index is 12.5. The van der Waals surface area contributed by atoms with Gasteiger partial charge >= 0.3 is 5.97 Å². The van der Waals surface area contributed by atoms with Gasteiger partial charge in [-0.3, -0.25) is 14.0 Å². The maximum atomic E-state index is 12.5. The normalized spacial score (nSPS) is 12.4. The molecule has 2 aromatic heterocycles. The molecule has 0 saturated carbocycles. The van der Waals surface area contributed by atoms with E-state index in [0.29, 0.717) is 31.1 Å². The van der Waals surface area contributed by atoms with Gasteiger partial charge in [-0.2, -0.15) is 0 Å². The summed E-state index contributed by atoms with van der Waals surface area (Å²) < 4.78 is 29.6. The smallest absolute Gasteiger partial charge is 0.310 e. The van der Waals surface area contributed by atoms with Crippen molar-refractivity contribution in [2.45, 2.75) is 58.8 Å². The molecule has 7 heteroatoms. The number of para-hydroxylation sites is 1. The molecule has 0 unspecified atom stereocenters. The average Bonchev–Trinajstić information content (AvgIpc) is 3.35. The highest BCUT2D eigenvalue weighted by molar-refractivity contribution is 7.86. The van der Waals surface area contributed by atoms with E-state index < -0.39 is 10.8 Å². The van der Waals surface area contributed by atoms with Crippen LogP contribution in [-0.4, -0.2) is 32.3 Å². The summed E-state index contributed by atoms with van der Waals surface area (Å²) in [6, 6.07) is 15.9. The number of carbonyl (C=O) groups is 1. The summed E-state index contributed by atoms with van der Waals surface area (Å²) in [5, 5.41) is 0.977. The van der Waals surface area contributed by atoms with E-state index >= 15 is 0 Å². The van der Waals surface area contributed by atoms with Gasteiger partial charge in [-0.15, -0.1) is 0 Å². The molecule has 0 aliphatic rings. The third kappa shape index (κ3) is 6.70. The minimum atomic E-state index is -0.943. The van der Waals surface area contributed by atoms with E-state index in [1.807, 2.05) is 64.1 Å². The predicted octanol–water partition coefficient (Wildman–Crippen LogP) is 6.58. The van der Waals surface area contributed by atoms with Gasteiger partial charge in [0.1, 0.15) is 17.9 Å². The third-order valence-corrected chi connectivity index (χ3v) is 8.22. The number of rotatable bonds is 10. The lowest BCUT2D eigenvalue weighted by Crippen LogP contribution is -2.25. The van der Waals surface area contributed by atoms with E-state index in [1.165, 1.54) is 0 Å². The molecule has 0 N–H and O–H groups in total. The Morgan fingerprint density at radius 2 is 1.92 bits per heavy atom. The molecule has 200 valence electrons. The number of nitrogens with zero attached hydrogens (tertiary/aromatic N) is 1. The van der Waals surface area contributed by atoms with Gasteiger partial charge in [0.15, 0.2) is 0 Å². The van der Waals surface area contributed by atoms with Crippen LogP contribution >= 0.6 is 0 Å². The van der Waals surface area contributed by atoms with Crippen molar-refractivity contribution in [3.05, 3.63) is 83.4 Å². The first-order valence-corrected chi connectivity index (χ1v) is 14.2. The van der Waals surface area contributed by atoms with Crippen molar-refractivity contribution in [2.24, 2.45) is 0 Å². The molecule has 4 aromatic rings. The van der Waals surface area contributed by atoms with Gasteiger partial charge in [0, 0.05) is 56.1 Å². The van der Waals surface area contributed by atoms with Crippen molar-refractivity contribution in [1.82, 2.24) is 4.98 Å². The zero-order chi connectivity index (χ0) is 27.3. The van der Waals surface area contributed by atoms with E-state index in [2.05, 4.69) is 17.1 Å². The summed E-state index contributed by atoms with van der Waals surface area (Å²) in [7, 11) is -0.943. The fourth-order valence-corrected chi connectivity index (χ4v) is 5.32. The molecule has 0 aliphatic heterocycles. The molecule has 0 amide bonds. The number of pyridine rings is 1. The molecule has 0 aliphatic carbocycles. The Morgan fingerprint density at radius 1 is 1.11 bits per heavy atom. The fraction of sp³-hybridized carbons (Fsp3) is 0.355. The molecule has 0 bridgehead atoms. The molecule has 6 nitrogen and oxygen atoms in total. The van der Waals surface area contributed by atoms with Crippen LogP contribution in [0.1, 0.15) is 50.1 Å². The van der Waals surface area contributed by atoms with Gasteiger partial charge < -0.3 is 13.9 Å². The number of hydrogen-bond donors (Lipinski definition) is 0. The number of benzene rings is 2. The van der Waals surface area contributed by atoms with E-state index in [9.17, 15) is 9.00 Å². The molecule has 0 fully saturated rings. The number of aryl methyl sites for hydroxylation is 2.